The van der Waals surface area contributed by atoms with E-state index in [-0.39, 0.29) is 11.9 Å². The van der Waals surface area contributed by atoms with Crippen LogP contribution in [0.4, 0.5) is 5.69 Å². The first-order chi connectivity index (χ1) is 11.7. The van der Waals surface area contributed by atoms with Gasteiger partial charge in [0.05, 0.1) is 13.4 Å². The lowest BCUT2D eigenvalue weighted by molar-refractivity contribution is -0.152. The predicted octanol–water partition coefficient (Wildman–Crippen LogP) is 3.76. The highest BCUT2D eigenvalue weighted by Gasteiger charge is 2.64. The Labute approximate surface area is 141 Å². The van der Waals surface area contributed by atoms with E-state index in [1.165, 1.54) is 5.56 Å². The molecule has 2 aromatic rings. The van der Waals surface area contributed by atoms with Gasteiger partial charge in [-0.15, -0.1) is 0 Å². The molecule has 2 aromatic carbocycles. The summed E-state index contributed by atoms with van der Waals surface area (Å²) < 4.78 is 11.0. The molecule has 1 amide bonds. The number of carbonyl (C=O) groups is 1. The number of nitrogens with zero attached hydrogens (tertiary/aromatic N) is 1. The van der Waals surface area contributed by atoms with Crippen LogP contribution in [0.2, 0.25) is 0 Å². The number of amides is 1. The number of hydrogen-bond donors (Lipinski definition) is 0. The fraction of sp³-hybridized carbons (Fsp3) is 0.250. The largest absolute Gasteiger partial charge is 0.497 e. The van der Waals surface area contributed by atoms with Gasteiger partial charge in [-0.3, -0.25) is 9.69 Å². The molecule has 2 heterocycles. The molecule has 24 heavy (non-hydrogen) atoms. The molecule has 1 fully saturated rings. The molecule has 0 saturated carbocycles. The average molecular weight is 321 g/mol. The molecule has 4 rings (SSSR count). The highest BCUT2D eigenvalue weighted by atomic mass is 16.5. The summed E-state index contributed by atoms with van der Waals surface area (Å²) in [6, 6.07) is 15.7. The smallest absolute Gasteiger partial charge is 0.274 e. The topological polar surface area (TPSA) is 38.8 Å². The van der Waals surface area contributed by atoms with Crippen molar-refractivity contribution < 1.29 is 14.3 Å². The van der Waals surface area contributed by atoms with Crippen LogP contribution in [0, 0.1) is 6.92 Å². The SMILES string of the molecule is COc1ccc(N2C(=O)[C@@]3(CC=CO3)[C@@H]2c2ccc(C)cc2)cc1. The number of carbonyl (C=O) groups excluding carboxylic acids is 1. The van der Waals surface area contributed by atoms with Crippen LogP contribution in [0.15, 0.2) is 60.9 Å². The molecule has 122 valence electrons. The van der Waals surface area contributed by atoms with Crippen molar-refractivity contribution in [2.45, 2.75) is 25.0 Å². The standard InChI is InChI=1S/C20H19NO3/c1-14-4-6-15(7-5-14)18-20(12-3-13-24-20)19(22)21(18)16-8-10-17(23-2)11-9-16/h3-11,13,18H,12H2,1-2H3/t18-,20+/m0/s1. The van der Waals surface area contributed by atoms with Crippen LogP contribution in [0.25, 0.3) is 0 Å². The van der Waals surface area contributed by atoms with Crippen molar-refractivity contribution in [1.29, 1.82) is 0 Å². The third kappa shape index (κ3) is 2.03. The van der Waals surface area contributed by atoms with Gasteiger partial charge in [0.1, 0.15) is 11.8 Å². The summed E-state index contributed by atoms with van der Waals surface area (Å²) in [4.78, 5) is 14.7. The zero-order valence-corrected chi connectivity index (χ0v) is 13.7. The highest BCUT2D eigenvalue weighted by molar-refractivity contribution is 6.09. The van der Waals surface area contributed by atoms with Crippen LogP contribution in [0.5, 0.6) is 5.75 Å². The molecule has 2 atom stereocenters. The van der Waals surface area contributed by atoms with E-state index in [2.05, 4.69) is 31.2 Å². The number of hydrogen-bond acceptors (Lipinski definition) is 3. The molecule has 0 bridgehead atoms. The Morgan fingerprint density at radius 3 is 2.42 bits per heavy atom. The minimum absolute atomic E-state index is 0.00300. The first kappa shape index (κ1) is 14.8. The maximum absolute atomic E-state index is 12.9. The van der Waals surface area contributed by atoms with E-state index in [9.17, 15) is 4.79 Å². The summed E-state index contributed by atoms with van der Waals surface area (Å²) in [5.74, 6) is 0.773. The first-order valence-corrected chi connectivity index (χ1v) is 8.03. The Bertz CT molecular complexity index is 785. The molecule has 1 spiro atoms. The number of β-lactam (4-membered cyclic amide) rings is 1. The van der Waals surface area contributed by atoms with Gasteiger partial charge in [-0.2, -0.15) is 0 Å². The molecule has 0 aromatic heterocycles. The second-order valence-electron chi connectivity index (χ2n) is 6.27. The van der Waals surface area contributed by atoms with E-state index in [1.807, 2.05) is 35.2 Å². The van der Waals surface area contributed by atoms with E-state index in [0.29, 0.717) is 6.42 Å². The summed E-state index contributed by atoms with van der Waals surface area (Å²) in [5.41, 5.74) is 2.34. The van der Waals surface area contributed by atoms with Gasteiger partial charge in [-0.05, 0) is 42.8 Å². The minimum Gasteiger partial charge on any atom is -0.497 e. The van der Waals surface area contributed by atoms with Gasteiger partial charge in [0.25, 0.3) is 5.91 Å². The summed E-state index contributed by atoms with van der Waals surface area (Å²) in [6.45, 7) is 2.06. The average Bonchev–Trinajstić information content (AvgIpc) is 3.13. The first-order valence-electron chi connectivity index (χ1n) is 8.03. The lowest BCUT2D eigenvalue weighted by atomic mass is 9.75. The number of aryl methyl sites for hydroxylation is 1. The van der Waals surface area contributed by atoms with Gasteiger partial charge < -0.3 is 9.47 Å². The van der Waals surface area contributed by atoms with Gasteiger partial charge >= 0.3 is 0 Å². The number of ether oxygens (including phenoxy) is 2. The van der Waals surface area contributed by atoms with Crippen LogP contribution in [0.1, 0.15) is 23.6 Å². The molecule has 4 heteroatoms. The molecule has 2 aliphatic heterocycles. The lowest BCUT2D eigenvalue weighted by Crippen LogP contribution is -2.68. The predicted molar refractivity (Wildman–Crippen MR) is 92.0 cm³/mol. The summed E-state index contributed by atoms with van der Waals surface area (Å²) >= 11 is 0. The van der Waals surface area contributed by atoms with Gasteiger partial charge in [0.2, 0.25) is 5.60 Å². The fourth-order valence-electron chi connectivity index (χ4n) is 3.51. The molecule has 0 aliphatic carbocycles. The van der Waals surface area contributed by atoms with Crippen LogP contribution in [-0.2, 0) is 9.53 Å². The summed E-state index contributed by atoms with van der Waals surface area (Å²) in [7, 11) is 1.63. The Balaban J connectivity index is 1.74. The van der Waals surface area contributed by atoms with Crippen LogP contribution in [-0.4, -0.2) is 18.6 Å². The van der Waals surface area contributed by atoms with Gasteiger partial charge in [-0.1, -0.05) is 29.8 Å². The van der Waals surface area contributed by atoms with Crippen molar-refractivity contribution in [3.63, 3.8) is 0 Å². The molecule has 4 nitrogen and oxygen atoms in total. The van der Waals surface area contributed by atoms with Crippen LogP contribution < -0.4 is 9.64 Å². The van der Waals surface area contributed by atoms with Gasteiger partial charge in [-0.25, -0.2) is 0 Å². The molecule has 1 saturated heterocycles. The Morgan fingerprint density at radius 1 is 1.12 bits per heavy atom. The third-order valence-corrected chi connectivity index (χ3v) is 4.82. The zero-order valence-electron chi connectivity index (χ0n) is 13.7. The highest BCUT2D eigenvalue weighted by Crippen LogP contribution is 2.52. The number of methoxy groups -OCH3 is 1. The van der Waals surface area contributed by atoms with E-state index in [1.54, 1.807) is 13.4 Å². The van der Waals surface area contributed by atoms with E-state index in [0.717, 1.165) is 17.0 Å². The molecular formula is C20H19NO3. The number of anilines is 1. The monoisotopic (exact) mass is 321 g/mol. The molecular weight excluding hydrogens is 302 g/mol. The van der Waals surface area contributed by atoms with E-state index in [4.69, 9.17) is 9.47 Å². The van der Waals surface area contributed by atoms with Crippen molar-refractivity contribution in [2.24, 2.45) is 0 Å². The van der Waals surface area contributed by atoms with Crippen molar-refractivity contribution in [1.82, 2.24) is 0 Å². The molecule has 0 N–H and O–H groups in total. The number of rotatable bonds is 3. The Kier molecular flexibility index (Phi) is 3.34. The van der Waals surface area contributed by atoms with Crippen molar-refractivity contribution in [3.8, 4) is 5.75 Å². The van der Waals surface area contributed by atoms with Gasteiger partial charge in [0, 0.05) is 12.1 Å². The quantitative estimate of drug-likeness (QED) is 0.808. The fourth-order valence-corrected chi connectivity index (χ4v) is 3.51. The van der Waals surface area contributed by atoms with Crippen molar-refractivity contribution >= 4 is 11.6 Å². The Morgan fingerprint density at radius 2 is 1.83 bits per heavy atom. The summed E-state index contributed by atoms with van der Waals surface area (Å²) in [5, 5.41) is 0. The minimum atomic E-state index is -0.796. The van der Waals surface area contributed by atoms with Crippen LogP contribution >= 0.6 is 0 Å². The van der Waals surface area contributed by atoms with Gasteiger partial charge in [0.15, 0.2) is 0 Å². The van der Waals surface area contributed by atoms with E-state index >= 15 is 0 Å². The molecule has 0 radical (unpaired) electrons. The van der Waals surface area contributed by atoms with Crippen molar-refractivity contribution in [3.05, 3.63) is 72.0 Å². The second kappa shape index (κ2) is 5.41. The molecule has 0 unspecified atom stereocenters. The zero-order chi connectivity index (χ0) is 16.7. The summed E-state index contributed by atoms with van der Waals surface area (Å²) in [6.07, 6.45) is 4.17. The maximum Gasteiger partial charge on any atom is 0.274 e. The van der Waals surface area contributed by atoms with Crippen LogP contribution in [0.3, 0.4) is 0 Å². The second-order valence-corrected chi connectivity index (χ2v) is 6.27. The lowest BCUT2D eigenvalue weighted by Gasteiger charge is -2.53. The van der Waals surface area contributed by atoms with Crippen molar-refractivity contribution in [2.75, 3.05) is 12.0 Å². The number of benzene rings is 2. The maximum atomic E-state index is 12.9. The van der Waals surface area contributed by atoms with E-state index < -0.39 is 5.60 Å². The molecule has 2 aliphatic rings. The normalized spacial score (nSPS) is 24.8. The third-order valence-electron chi connectivity index (χ3n) is 4.82. The Hall–Kier alpha value is -2.75.